The zero-order valence-corrected chi connectivity index (χ0v) is 12.5. The molecule has 0 saturated heterocycles. The highest BCUT2D eigenvalue weighted by atomic mass is 16.3. The topological polar surface area (TPSA) is 28.4 Å². The fourth-order valence-electron chi connectivity index (χ4n) is 2.66. The largest absolute Gasteiger partial charge is 0.459 e. The molecule has 1 aromatic heterocycles. The maximum absolute atomic E-state index is 6.10. The van der Waals surface area contributed by atoms with Crippen LogP contribution in [0.25, 0.3) is 11.0 Å². The van der Waals surface area contributed by atoms with Crippen molar-refractivity contribution in [3.63, 3.8) is 0 Å². The quantitative estimate of drug-likeness (QED) is 0.836. The van der Waals surface area contributed by atoms with Gasteiger partial charge in [-0.05, 0) is 32.0 Å². The van der Waals surface area contributed by atoms with E-state index in [1.807, 2.05) is 6.07 Å². The number of para-hydroxylation sites is 1. The third-order valence-electron chi connectivity index (χ3n) is 4.19. The normalized spacial score (nSPS) is 15.3. The van der Waals surface area contributed by atoms with Crippen LogP contribution in [0.1, 0.15) is 38.0 Å². The maximum atomic E-state index is 6.10. The van der Waals surface area contributed by atoms with E-state index in [2.05, 4.69) is 42.3 Å². The van der Waals surface area contributed by atoms with Crippen LogP contribution in [-0.4, -0.2) is 24.0 Å². The van der Waals surface area contributed by atoms with Crippen LogP contribution >= 0.6 is 0 Å². The molecular weight excluding hydrogens is 248 g/mol. The van der Waals surface area contributed by atoms with Crippen LogP contribution in [0, 0.1) is 0 Å². The second-order valence-corrected chi connectivity index (χ2v) is 5.62. The summed E-state index contributed by atoms with van der Waals surface area (Å²) in [7, 11) is 0. The Hall–Kier alpha value is -1.32. The van der Waals surface area contributed by atoms with Crippen LogP contribution in [0.5, 0.6) is 0 Å². The fourth-order valence-corrected chi connectivity index (χ4v) is 2.66. The molecule has 0 amide bonds. The van der Waals surface area contributed by atoms with E-state index in [0.717, 1.165) is 43.6 Å². The van der Waals surface area contributed by atoms with E-state index in [-0.39, 0.29) is 0 Å². The highest BCUT2D eigenvalue weighted by Gasteiger charge is 2.22. The minimum atomic E-state index is 0.727. The molecule has 0 bridgehead atoms. The Kier molecular flexibility index (Phi) is 4.08. The molecule has 0 spiro atoms. The summed E-state index contributed by atoms with van der Waals surface area (Å²) in [6.45, 7) is 8.36. The second kappa shape index (κ2) is 5.98. The van der Waals surface area contributed by atoms with Crippen molar-refractivity contribution in [3.8, 4) is 0 Å². The van der Waals surface area contributed by atoms with Crippen LogP contribution in [0.3, 0.4) is 0 Å². The van der Waals surface area contributed by atoms with Crippen molar-refractivity contribution >= 4 is 11.0 Å². The summed E-state index contributed by atoms with van der Waals surface area (Å²) in [6, 6.07) is 9.12. The number of rotatable bonds is 7. The van der Waals surface area contributed by atoms with E-state index in [1.54, 1.807) is 0 Å². The number of benzene rings is 1. The van der Waals surface area contributed by atoms with Gasteiger partial charge in [-0.1, -0.05) is 32.0 Å². The summed E-state index contributed by atoms with van der Waals surface area (Å²) in [6.07, 6.45) is 2.64. The van der Waals surface area contributed by atoms with Gasteiger partial charge in [0.25, 0.3) is 0 Å². The minimum absolute atomic E-state index is 0.727. The standard InChI is InChI=1S/C17H24N2O/c1-3-19(4-2)12-17-15(11-18-13-9-10-13)14-7-5-6-8-16(14)20-17/h5-8,13,18H,3-4,9-12H2,1-2H3. The van der Waals surface area contributed by atoms with Gasteiger partial charge in [0.2, 0.25) is 0 Å². The predicted molar refractivity (Wildman–Crippen MR) is 82.7 cm³/mol. The molecule has 0 atom stereocenters. The number of fused-ring (bicyclic) bond motifs is 1. The van der Waals surface area contributed by atoms with Gasteiger partial charge in [0.15, 0.2) is 0 Å². The number of nitrogens with one attached hydrogen (secondary N) is 1. The lowest BCUT2D eigenvalue weighted by molar-refractivity contribution is 0.270. The Balaban J connectivity index is 1.88. The minimum Gasteiger partial charge on any atom is -0.459 e. The molecule has 108 valence electrons. The van der Waals surface area contributed by atoms with Crippen LogP contribution < -0.4 is 5.32 Å². The molecule has 20 heavy (non-hydrogen) atoms. The highest BCUT2D eigenvalue weighted by Crippen LogP contribution is 2.28. The first-order chi connectivity index (χ1) is 9.81. The molecule has 0 aliphatic heterocycles. The summed E-state index contributed by atoms with van der Waals surface area (Å²) in [5.74, 6) is 1.13. The van der Waals surface area contributed by atoms with E-state index in [0.29, 0.717) is 0 Å². The van der Waals surface area contributed by atoms with Crippen molar-refractivity contribution in [2.45, 2.75) is 45.8 Å². The lowest BCUT2D eigenvalue weighted by Crippen LogP contribution is -2.23. The predicted octanol–water partition coefficient (Wildman–Crippen LogP) is 3.53. The van der Waals surface area contributed by atoms with E-state index in [1.165, 1.54) is 23.8 Å². The molecule has 1 N–H and O–H groups in total. The van der Waals surface area contributed by atoms with Gasteiger partial charge >= 0.3 is 0 Å². The molecule has 3 rings (SSSR count). The SMILES string of the molecule is CCN(CC)Cc1oc2ccccc2c1CNC1CC1. The Morgan fingerprint density at radius 1 is 1.20 bits per heavy atom. The molecule has 1 aliphatic carbocycles. The van der Waals surface area contributed by atoms with Crippen molar-refractivity contribution < 1.29 is 4.42 Å². The Morgan fingerprint density at radius 2 is 1.95 bits per heavy atom. The van der Waals surface area contributed by atoms with Gasteiger partial charge in [-0.15, -0.1) is 0 Å². The summed E-state index contributed by atoms with van der Waals surface area (Å²) in [5.41, 5.74) is 2.36. The molecule has 0 unspecified atom stereocenters. The van der Waals surface area contributed by atoms with Gasteiger partial charge in [0.1, 0.15) is 11.3 Å². The summed E-state index contributed by atoms with van der Waals surface area (Å²) < 4.78 is 6.10. The highest BCUT2D eigenvalue weighted by molar-refractivity contribution is 5.82. The molecule has 1 aromatic carbocycles. The van der Waals surface area contributed by atoms with Crippen molar-refractivity contribution in [2.24, 2.45) is 0 Å². The molecule has 1 heterocycles. The van der Waals surface area contributed by atoms with Crippen molar-refractivity contribution in [1.29, 1.82) is 0 Å². The monoisotopic (exact) mass is 272 g/mol. The molecule has 3 heteroatoms. The van der Waals surface area contributed by atoms with Crippen molar-refractivity contribution in [1.82, 2.24) is 10.2 Å². The number of hydrogen-bond acceptors (Lipinski definition) is 3. The molecule has 1 aliphatic rings. The van der Waals surface area contributed by atoms with Gasteiger partial charge < -0.3 is 9.73 Å². The van der Waals surface area contributed by atoms with Gasteiger partial charge in [0, 0.05) is 23.5 Å². The van der Waals surface area contributed by atoms with Gasteiger partial charge in [-0.2, -0.15) is 0 Å². The van der Waals surface area contributed by atoms with E-state index < -0.39 is 0 Å². The van der Waals surface area contributed by atoms with Gasteiger partial charge in [0.05, 0.1) is 6.54 Å². The Morgan fingerprint density at radius 3 is 2.65 bits per heavy atom. The van der Waals surface area contributed by atoms with Crippen molar-refractivity contribution in [2.75, 3.05) is 13.1 Å². The zero-order chi connectivity index (χ0) is 13.9. The molecule has 1 fully saturated rings. The average molecular weight is 272 g/mol. The molecule has 0 radical (unpaired) electrons. The number of nitrogens with zero attached hydrogens (tertiary/aromatic N) is 1. The van der Waals surface area contributed by atoms with E-state index >= 15 is 0 Å². The first kappa shape index (κ1) is 13.7. The van der Waals surface area contributed by atoms with E-state index in [4.69, 9.17) is 4.42 Å². The fraction of sp³-hybridized carbons (Fsp3) is 0.529. The zero-order valence-electron chi connectivity index (χ0n) is 12.5. The van der Waals surface area contributed by atoms with Gasteiger partial charge in [-0.3, -0.25) is 4.90 Å². The lowest BCUT2D eigenvalue weighted by Gasteiger charge is -2.17. The lowest BCUT2D eigenvalue weighted by atomic mass is 10.1. The molecule has 1 saturated carbocycles. The molecule has 2 aromatic rings. The van der Waals surface area contributed by atoms with Crippen LogP contribution in [0.4, 0.5) is 0 Å². The molecule has 3 nitrogen and oxygen atoms in total. The average Bonchev–Trinajstić information content (AvgIpc) is 3.24. The summed E-state index contributed by atoms with van der Waals surface area (Å²) in [5, 5.41) is 4.89. The number of furan rings is 1. The first-order valence-corrected chi connectivity index (χ1v) is 7.76. The second-order valence-electron chi connectivity index (χ2n) is 5.62. The third-order valence-corrected chi connectivity index (χ3v) is 4.19. The number of hydrogen-bond donors (Lipinski definition) is 1. The van der Waals surface area contributed by atoms with Gasteiger partial charge in [-0.25, -0.2) is 0 Å². The Bertz CT molecular complexity index is 567. The third kappa shape index (κ3) is 2.89. The van der Waals surface area contributed by atoms with Crippen LogP contribution in [0.2, 0.25) is 0 Å². The van der Waals surface area contributed by atoms with Crippen LogP contribution in [-0.2, 0) is 13.1 Å². The smallest absolute Gasteiger partial charge is 0.134 e. The maximum Gasteiger partial charge on any atom is 0.134 e. The van der Waals surface area contributed by atoms with Crippen LogP contribution in [0.15, 0.2) is 28.7 Å². The van der Waals surface area contributed by atoms with E-state index in [9.17, 15) is 0 Å². The summed E-state index contributed by atoms with van der Waals surface area (Å²) in [4.78, 5) is 2.40. The summed E-state index contributed by atoms with van der Waals surface area (Å²) >= 11 is 0. The van der Waals surface area contributed by atoms with Crippen molar-refractivity contribution in [3.05, 3.63) is 35.6 Å². The molecular formula is C17H24N2O. The Labute approximate surface area is 120 Å². The first-order valence-electron chi connectivity index (χ1n) is 7.76.